The van der Waals surface area contributed by atoms with Gasteiger partial charge in [0.15, 0.2) is 0 Å². The molecule has 148 valence electrons. The fraction of sp³-hybridized carbons (Fsp3) is 0.333. The molecule has 7 nitrogen and oxygen atoms in total. The minimum Gasteiger partial charge on any atom is -0.507 e. The number of rotatable bonds is 5. The van der Waals surface area contributed by atoms with Crippen molar-refractivity contribution in [3.05, 3.63) is 59.7 Å². The van der Waals surface area contributed by atoms with E-state index in [2.05, 4.69) is 10.2 Å². The molecule has 1 aliphatic heterocycles. The number of phenols is 1. The summed E-state index contributed by atoms with van der Waals surface area (Å²) in [4.78, 5) is 26.3. The van der Waals surface area contributed by atoms with Crippen molar-refractivity contribution < 1.29 is 24.5 Å². The van der Waals surface area contributed by atoms with Gasteiger partial charge in [0.1, 0.15) is 17.4 Å². The van der Waals surface area contributed by atoms with E-state index in [4.69, 9.17) is 9.84 Å². The Morgan fingerprint density at radius 1 is 1.11 bits per heavy atom. The topological polar surface area (TPSA) is 99.1 Å². The quantitative estimate of drug-likeness (QED) is 0.733. The second kappa shape index (κ2) is 8.41. The highest BCUT2D eigenvalue weighted by molar-refractivity contribution is 5.97. The monoisotopic (exact) mass is 384 g/mol. The first-order valence-corrected chi connectivity index (χ1v) is 9.16. The van der Waals surface area contributed by atoms with Gasteiger partial charge in [-0.25, -0.2) is 4.79 Å². The predicted octanol–water partition coefficient (Wildman–Crippen LogP) is 2.88. The average molecular weight is 384 g/mol. The number of carboxylic acid groups (broad SMARTS) is 1. The molecule has 2 aromatic rings. The molecule has 0 spiro atoms. The highest BCUT2D eigenvalue weighted by Gasteiger charge is 2.33. The van der Waals surface area contributed by atoms with E-state index < -0.39 is 17.8 Å². The van der Waals surface area contributed by atoms with Crippen molar-refractivity contribution in [1.29, 1.82) is 0 Å². The zero-order valence-electron chi connectivity index (χ0n) is 15.8. The Morgan fingerprint density at radius 3 is 2.32 bits per heavy atom. The van der Waals surface area contributed by atoms with Crippen molar-refractivity contribution in [2.24, 2.45) is 0 Å². The van der Waals surface area contributed by atoms with Crippen LogP contribution in [0.3, 0.4) is 0 Å². The first kappa shape index (κ1) is 19.9. The SMILES string of the molecule is CC1CN(C(C(=O)Nc2ccc(C(=O)O)c(O)c2)c2ccccc2)CC(C)O1. The number of benzene rings is 2. The van der Waals surface area contributed by atoms with E-state index in [1.807, 2.05) is 44.2 Å². The molecule has 0 saturated carbocycles. The molecule has 1 fully saturated rings. The van der Waals surface area contributed by atoms with Gasteiger partial charge in [-0.05, 0) is 31.5 Å². The van der Waals surface area contributed by atoms with Crippen molar-refractivity contribution in [2.75, 3.05) is 18.4 Å². The van der Waals surface area contributed by atoms with Gasteiger partial charge in [-0.2, -0.15) is 0 Å². The molecule has 0 bridgehead atoms. The van der Waals surface area contributed by atoms with Gasteiger partial charge in [0.25, 0.3) is 0 Å². The zero-order valence-corrected chi connectivity index (χ0v) is 15.8. The normalized spacial score (nSPS) is 21.1. The van der Waals surface area contributed by atoms with Crippen LogP contribution in [0.4, 0.5) is 5.69 Å². The van der Waals surface area contributed by atoms with Crippen LogP contribution in [0, 0.1) is 0 Å². The van der Waals surface area contributed by atoms with Crippen LogP contribution in [0.1, 0.15) is 35.8 Å². The molecule has 28 heavy (non-hydrogen) atoms. The molecule has 0 radical (unpaired) electrons. The molecule has 7 heteroatoms. The van der Waals surface area contributed by atoms with E-state index in [9.17, 15) is 14.7 Å². The lowest BCUT2D eigenvalue weighted by molar-refractivity contribution is -0.128. The van der Waals surface area contributed by atoms with Gasteiger partial charge in [0.05, 0.1) is 12.2 Å². The van der Waals surface area contributed by atoms with E-state index in [-0.39, 0.29) is 23.7 Å². The largest absolute Gasteiger partial charge is 0.507 e. The molecular weight excluding hydrogens is 360 g/mol. The standard InChI is InChI=1S/C21H24N2O5/c1-13-11-23(12-14(2)28-13)19(15-6-4-3-5-7-15)20(25)22-16-8-9-17(21(26)27)18(24)10-16/h3-10,13-14,19,24H,11-12H2,1-2H3,(H,22,25)(H,26,27). The molecule has 0 aliphatic carbocycles. The Bertz CT molecular complexity index is 845. The molecule has 1 amide bonds. The number of anilines is 1. The van der Waals surface area contributed by atoms with Crippen molar-refractivity contribution >= 4 is 17.6 Å². The second-order valence-corrected chi connectivity index (χ2v) is 7.05. The molecule has 3 N–H and O–H groups in total. The summed E-state index contributed by atoms with van der Waals surface area (Å²) in [6, 6.07) is 12.9. The summed E-state index contributed by atoms with van der Waals surface area (Å²) in [5.74, 6) is -1.88. The first-order valence-electron chi connectivity index (χ1n) is 9.16. The number of nitrogens with zero attached hydrogens (tertiary/aromatic N) is 1. The predicted molar refractivity (Wildman–Crippen MR) is 104 cm³/mol. The van der Waals surface area contributed by atoms with Gasteiger partial charge in [-0.1, -0.05) is 30.3 Å². The highest BCUT2D eigenvalue weighted by Crippen LogP contribution is 2.28. The Balaban J connectivity index is 1.87. The van der Waals surface area contributed by atoms with Crippen LogP contribution in [0.5, 0.6) is 5.75 Å². The summed E-state index contributed by atoms with van der Waals surface area (Å²) in [6.45, 7) is 5.18. The lowest BCUT2D eigenvalue weighted by atomic mass is 10.0. The van der Waals surface area contributed by atoms with E-state index in [0.717, 1.165) is 5.56 Å². The smallest absolute Gasteiger partial charge is 0.339 e. The summed E-state index contributed by atoms with van der Waals surface area (Å²) in [6.07, 6.45) is 0.00307. The third-order valence-electron chi connectivity index (χ3n) is 4.67. The van der Waals surface area contributed by atoms with Crippen molar-refractivity contribution in [2.45, 2.75) is 32.1 Å². The minimum atomic E-state index is -1.23. The molecule has 3 atom stereocenters. The Kier molecular flexibility index (Phi) is 5.96. The third kappa shape index (κ3) is 4.49. The number of amides is 1. The van der Waals surface area contributed by atoms with E-state index in [1.54, 1.807) is 0 Å². The summed E-state index contributed by atoms with van der Waals surface area (Å²) in [5, 5.41) is 21.7. The highest BCUT2D eigenvalue weighted by atomic mass is 16.5. The van der Waals surface area contributed by atoms with Crippen LogP contribution in [-0.2, 0) is 9.53 Å². The number of nitrogens with one attached hydrogen (secondary N) is 1. The minimum absolute atomic E-state index is 0.00153. The van der Waals surface area contributed by atoms with Gasteiger partial charge in [-0.15, -0.1) is 0 Å². The molecular formula is C21H24N2O5. The zero-order chi connectivity index (χ0) is 20.3. The van der Waals surface area contributed by atoms with Gasteiger partial charge >= 0.3 is 5.97 Å². The van der Waals surface area contributed by atoms with Gasteiger partial charge in [0.2, 0.25) is 5.91 Å². The molecule has 1 heterocycles. The molecule has 3 rings (SSSR count). The lowest BCUT2D eigenvalue weighted by Crippen LogP contribution is -2.49. The van der Waals surface area contributed by atoms with E-state index >= 15 is 0 Å². The van der Waals surface area contributed by atoms with Crippen LogP contribution in [0.25, 0.3) is 0 Å². The number of hydrogen-bond donors (Lipinski definition) is 3. The summed E-state index contributed by atoms with van der Waals surface area (Å²) < 4.78 is 5.79. The molecule has 2 aromatic carbocycles. The number of ether oxygens (including phenoxy) is 1. The van der Waals surface area contributed by atoms with Crippen LogP contribution < -0.4 is 5.32 Å². The number of carbonyl (C=O) groups excluding carboxylic acids is 1. The van der Waals surface area contributed by atoms with Crippen molar-refractivity contribution in [1.82, 2.24) is 4.90 Å². The van der Waals surface area contributed by atoms with Crippen molar-refractivity contribution in [3.63, 3.8) is 0 Å². The number of aromatic carboxylic acids is 1. The van der Waals surface area contributed by atoms with Crippen LogP contribution >= 0.6 is 0 Å². The van der Waals surface area contributed by atoms with Gasteiger partial charge in [0, 0.05) is 24.8 Å². The van der Waals surface area contributed by atoms with Crippen LogP contribution in [0.15, 0.2) is 48.5 Å². The van der Waals surface area contributed by atoms with Crippen LogP contribution in [0.2, 0.25) is 0 Å². The maximum atomic E-state index is 13.2. The summed E-state index contributed by atoms with van der Waals surface area (Å²) in [5.41, 5.74) is 0.976. The Morgan fingerprint density at radius 2 is 1.75 bits per heavy atom. The third-order valence-corrected chi connectivity index (χ3v) is 4.67. The lowest BCUT2D eigenvalue weighted by Gasteiger charge is -2.39. The molecule has 1 saturated heterocycles. The van der Waals surface area contributed by atoms with Crippen molar-refractivity contribution in [3.8, 4) is 5.75 Å². The average Bonchev–Trinajstić information content (AvgIpc) is 2.61. The van der Waals surface area contributed by atoms with Crippen LogP contribution in [-0.4, -0.2) is 52.3 Å². The summed E-state index contributed by atoms with van der Waals surface area (Å²) in [7, 11) is 0. The first-order chi connectivity index (χ1) is 13.3. The number of morpholine rings is 1. The summed E-state index contributed by atoms with van der Waals surface area (Å²) >= 11 is 0. The fourth-order valence-corrected chi connectivity index (χ4v) is 3.59. The second-order valence-electron chi connectivity index (χ2n) is 7.05. The molecule has 3 unspecified atom stereocenters. The van der Waals surface area contributed by atoms with E-state index in [1.165, 1.54) is 18.2 Å². The number of carbonyl (C=O) groups is 2. The maximum Gasteiger partial charge on any atom is 0.339 e. The van der Waals surface area contributed by atoms with E-state index in [0.29, 0.717) is 18.8 Å². The molecule has 1 aliphatic rings. The number of hydrogen-bond acceptors (Lipinski definition) is 5. The van der Waals surface area contributed by atoms with Gasteiger partial charge in [-0.3, -0.25) is 9.69 Å². The maximum absolute atomic E-state index is 13.2. The molecule has 0 aromatic heterocycles. The number of carboxylic acids is 1. The number of aromatic hydroxyl groups is 1. The Hall–Kier alpha value is -2.90. The fourth-order valence-electron chi connectivity index (χ4n) is 3.59. The van der Waals surface area contributed by atoms with Gasteiger partial charge < -0.3 is 20.3 Å². The Labute approximate surface area is 163 Å².